The van der Waals surface area contributed by atoms with E-state index in [2.05, 4.69) is 21.9 Å². The van der Waals surface area contributed by atoms with E-state index in [1.54, 1.807) is 30.3 Å². The summed E-state index contributed by atoms with van der Waals surface area (Å²) in [5.74, 6) is -4.49. The molecular weight excluding hydrogens is 366 g/mol. The Hall–Kier alpha value is -3.34. The van der Waals surface area contributed by atoms with Crippen molar-refractivity contribution < 1.29 is 18.3 Å². The number of para-hydroxylation sites is 1. The third-order valence-electron chi connectivity index (χ3n) is 4.25. The van der Waals surface area contributed by atoms with E-state index in [-0.39, 0.29) is 22.9 Å². The third-order valence-corrected chi connectivity index (χ3v) is 4.25. The third kappa shape index (κ3) is 4.49. The summed E-state index contributed by atoms with van der Waals surface area (Å²) < 4.78 is 32.9. The lowest BCUT2D eigenvalue weighted by Crippen LogP contribution is -2.37. The fourth-order valence-electron chi connectivity index (χ4n) is 2.62. The topological polar surface area (TPSA) is 87.9 Å². The summed E-state index contributed by atoms with van der Waals surface area (Å²) in [6.45, 7) is 4.34. The van der Waals surface area contributed by atoms with Crippen LogP contribution in [0.2, 0.25) is 0 Å². The molecule has 6 nitrogen and oxygen atoms in total. The normalized spacial score (nSPS) is 14.6. The van der Waals surface area contributed by atoms with Crippen LogP contribution in [0.25, 0.3) is 0 Å². The van der Waals surface area contributed by atoms with Crippen molar-refractivity contribution in [2.45, 2.75) is 31.7 Å². The number of amides is 1. The Balaban J connectivity index is 1.93. The monoisotopic (exact) mass is 384 g/mol. The van der Waals surface area contributed by atoms with Gasteiger partial charge in [0.15, 0.2) is 0 Å². The minimum atomic E-state index is -3.30. The first-order valence-corrected chi connectivity index (χ1v) is 8.67. The molecule has 1 aromatic carbocycles. The van der Waals surface area contributed by atoms with Crippen molar-refractivity contribution in [3.63, 3.8) is 0 Å². The molecule has 1 heterocycles. The van der Waals surface area contributed by atoms with Crippen LogP contribution in [-0.2, 0) is 5.92 Å². The quantitative estimate of drug-likeness (QED) is 0.730. The fourth-order valence-corrected chi connectivity index (χ4v) is 2.62. The fraction of sp³-hybridized carbons (Fsp3) is 0.300. The van der Waals surface area contributed by atoms with Gasteiger partial charge in [-0.15, -0.1) is 0 Å². The van der Waals surface area contributed by atoms with Gasteiger partial charge >= 0.3 is 5.92 Å². The maximum atomic E-state index is 13.7. The number of carbonyl (C=O) groups excluding carboxylic acids is 1. The number of halogens is 2. The summed E-state index contributed by atoms with van der Waals surface area (Å²) in [5, 5.41) is 11.8. The zero-order valence-corrected chi connectivity index (χ0v) is 15.2. The van der Waals surface area contributed by atoms with Crippen LogP contribution in [0.1, 0.15) is 35.9 Å². The number of benzene rings is 1. The Morgan fingerprint density at radius 2 is 2.07 bits per heavy atom. The molecule has 1 atom stereocenters. The molecule has 0 spiro atoms. The zero-order chi connectivity index (χ0) is 20.3. The Morgan fingerprint density at radius 1 is 1.39 bits per heavy atom. The molecule has 1 aliphatic rings. The summed E-state index contributed by atoms with van der Waals surface area (Å²) in [4.78, 5) is 20.1. The lowest BCUT2D eigenvalue weighted by atomic mass is 10.0. The van der Waals surface area contributed by atoms with Crippen LogP contribution in [0.5, 0.6) is 11.6 Å². The molecule has 0 unspecified atom stereocenters. The second-order valence-electron chi connectivity index (χ2n) is 6.64. The summed E-state index contributed by atoms with van der Waals surface area (Å²) in [5.41, 5.74) is 0.132. The van der Waals surface area contributed by atoms with Gasteiger partial charge in [0.1, 0.15) is 11.3 Å². The lowest BCUT2D eigenvalue weighted by molar-refractivity contribution is 0.00707. The van der Waals surface area contributed by atoms with E-state index in [1.807, 2.05) is 6.07 Å². The molecule has 1 N–H and O–H groups in total. The molecule has 8 heteroatoms. The van der Waals surface area contributed by atoms with Crippen LogP contribution in [0, 0.1) is 17.2 Å². The number of hydrogen-bond donors (Lipinski definition) is 1. The SMILES string of the molecule is C=C(C#N)[C@@H](NC(=O)c1cnc(C(C)(F)F)nc1Oc1ccccc1)C1CC1. The number of hydrogen-bond acceptors (Lipinski definition) is 5. The number of nitriles is 1. The molecule has 1 aromatic heterocycles. The van der Waals surface area contributed by atoms with E-state index >= 15 is 0 Å². The van der Waals surface area contributed by atoms with Crippen molar-refractivity contribution in [3.8, 4) is 17.7 Å². The molecule has 0 aliphatic heterocycles. The average molecular weight is 384 g/mol. The van der Waals surface area contributed by atoms with E-state index in [0.717, 1.165) is 19.0 Å². The van der Waals surface area contributed by atoms with Gasteiger partial charge in [-0.1, -0.05) is 24.8 Å². The predicted molar refractivity (Wildman–Crippen MR) is 96.8 cm³/mol. The number of aromatic nitrogens is 2. The van der Waals surface area contributed by atoms with Gasteiger partial charge in [0.05, 0.1) is 12.1 Å². The Bertz CT molecular complexity index is 931. The number of alkyl halides is 2. The highest BCUT2D eigenvalue weighted by Crippen LogP contribution is 2.36. The van der Waals surface area contributed by atoms with Gasteiger partial charge in [0, 0.05) is 18.7 Å². The van der Waals surface area contributed by atoms with Gasteiger partial charge in [0.25, 0.3) is 5.91 Å². The molecule has 1 fully saturated rings. The molecule has 1 aliphatic carbocycles. The number of rotatable bonds is 7. The Morgan fingerprint density at radius 3 is 2.64 bits per heavy atom. The van der Waals surface area contributed by atoms with Gasteiger partial charge in [-0.3, -0.25) is 4.79 Å². The minimum absolute atomic E-state index is 0.103. The first-order valence-electron chi connectivity index (χ1n) is 8.67. The van der Waals surface area contributed by atoms with Crippen molar-refractivity contribution in [3.05, 3.63) is 60.1 Å². The molecule has 144 valence electrons. The summed E-state index contributed by atoms with van der Waals surface area (Å²) in [7, 11) is 0. The number of ether oxygens (including phenoxy) is 1. The van der Waals surface area contributed by atoms with E-state index in [4.69, 9.17) is 10.00 Å². The van der Waals surface area contributed by atoms with Crippen LogP contribution in [0.3, 0.4) is 0 Å². The van der Waals surface area contributed by atoms with Gasteiger partial charge in [-0.25, -0.2) is 4.98 Å². The van der Waals surface area contributed by atoms with Gasteiger partial charge in [-0.05, 0) is 30.9 Å². The highest BCUT2D eigenvalue weighted by molar-refractivity contribution is 5.96. The van der Waals surface area contributed by atoms with Crippen molar-refractivity contribution in [2.75, 3.05) is 0 Å². The molecular formula is C20H18F2N4O2. The van der Waals surface area contributed by atoms with Crippen LogP contribution >= 0.6 is 0 Å². The first-order chi connectivity index (χ1) is 13.3. The molecule has 0 bridgehead atoms. The second-order valence-corrected chi connectivity index (χ2v) is 6.64. The number of nitrogens with one attached hydrogen (secondary N) is 1. The number of nitrogens with zero attached hydrogens (tertiary/aromatic N) is 3. The summed E-state index contributed by atoms with van der Waals surface area (Å²) in [6, 6.07) is 9.82. The molecule has 3 rings (SSSR count). The van der Waals surface area contributed by atoms with Crippen LogP contribution in [0.15, 0.2) is 48.7 Å². The molecule has 0 radical (unpaired) electrons. The maximum absolute atomic E-state index is 13.7. The minimum Gasteiger partial charge on any atom is -0.438 e. The maximum Gasteiger partial charge on any atom is 0.303 e. The van der Waals surface area contributed by atoms with Gasteiger partial charge in [-0.2, -0.15) is 19.0 Å². The molecule has 2 aromatic rings. The Labute approximate surface area is 160 Å². The number of carbonyl (C=O) groups is 1. The average Bonchev–Trinajstić information content (AvgIpc) is 3.50. The van der Waals surface area contributed by atoms with E-state index < -0.39 is 23.7 Å². The highest BCUT2D eigenvalue weighted by atomic mass is 19.3. The summed E-state index contributed by atoms with van der Waals surface area (Å²) >= 11 is 0. The second kappa shape index (κ2) is 7.72. The zero-order valence-electron chi connectivity index (χ0n) is 15.2. The van der Waals surface area contributed by atoms with Gasteiger partial charge in [0.2, 0.25) is 11.7 Å². The van der Waals surface area contributed by atoms with Crippen molar-refractivity contribution >= 4 is 5.91 Å². The molecule has 0 saturated heterocycles. The molecule has 1 saturated carbocycles. The predicted octanol–water partition coefficient (Wildman–Crippen LogP) is 3.97. The first kappa shape index (κ1) is 19.4. The molecule has 1 amide bonds. The lowest BCUT2D eigenvalue weighted by Gasteiger charge is -2.18. The van der Waals surface area contributed by atoms with Crippen molar-refractivity contribution in [1.29, 1.82) is 5.26 Å². The van der Waals surface area contributed by atoms with Crippen LogP contribution in [0.4, 0.5) is 8.78 Å². The van der Waals surface area contributed by atoms with Crippen LogP contribution < -0.4 is 10.1 Å². The van der Waals surface area contributed by atoms with Gasteiger partial charge < -0.3 is 10.1 Å². The van der Waals surface area contributed by atoms with E-state index in [9.17, 15) is 13.6 Å². The smallest absolute Gasteiger partial charge is 0.303 e. The summed E-state index contributed by atoms with van der Waals surface area (Å²) in [6.07, 6.45) is 2.75. The van der Waals surface area contributed by atoms with Crippen molar-refractivity contribution in [2.24, 2.45) is 5.92 Å². The van der Waals surface area contributed by atoms with E-state index in [0.29, 0.717) is 12.7 Å². The Kier molecular flexibility index (Phi) is 5.36. The van der Waals surface area contributed by atoms with Crippen LogP contribution in [-0.4, -0.2) is 21.9 Å². The van der Waals surface area contributed by atoms with Crippen molar-refractivity contribution in [1.82, 2.24) is 15.3 Å². The highest BCUT2D eigenvalue weighted by Gasteiger charge is 2.36. The standard InChI is InChI=1S/C20H18F2N4O2/c1-12(10-23)16(13-8-9-13)25-17(27)15-11-24-19(20(2,21)22)26-18(15)28-14-6-4-3-5-7-14/h3-7,11,13,16H,1,8-9H2,2H3,(H,25,27)/t16-/m1/s1. The largest absolute Gasteiger partial charge is 0.438 e. The molecule has 28 heavy (non-hydrogen) atoms. The van der Waals surface area contributed by atoms with E-state index in [1.165, 1.54) is 0 Å².